The van der Waals surface area contributed by atoms with Gasteiger partial charge in [-0.2, -0.15) is 5.10 Å². The lowest BCUT2D eigenvalue weighted by Crippen LogP contribution is -2.34. The fraction of sp³-hybridized carbons (Fsp3) is 0.750. The number of rotatable bonds is 4. The molecule has 1 heterocycles. The Balaban J connectivity index is 1.73. The van der Waals surface area contributed by atoms with Crippen LogP contribution in [0.1, 0.15) is 52.4 Å². The summed E-state index contributed by atoms with van der Waals surface area (Å²) in [4.78, 5) is 12.5. The van der Waals surface area contributed by atoms with Crippen molar-refractivity contribution < 1.29 is 0 Å². The predicted octanol–water partition coefficient (Wildman–Crippen LogP) is 3.69. The molecule has 0 spiro atoms. The maximum atomic E-state index is 12.5. The van der Waals surface area contributed by atoms with Crippen LogP contribution in [-0.4, -0.2) is 15.8 Å². The summed E-state index contributed by atoms with van der Waals surface area (Å²) >= 11 is 6.19. The summed E-state index contributed by atoms with van der Waals surface area (Å²) < 4.78 is 1.57. The molecule has 0 aliphatic heterocycles. The summed E-state index contributed by atoms with van der Waals surface area (Å²) in [5, 5.41) is 7.99. The van der Waals surface area contributed by atoms with Crippen LogP contribution in [0.2, 0.25) is 5.02 Å². The van der Waals surface area contributed by atoms with Crippen LogP contribution in [0.4, 0.5) is 5.69 Å². The highest BCUT2D eigenvalue weighted by atomic mass is 35.5. The largest absolute Gasteiger partial charge is 0.377 e. The Morgan fingerprint density at radius 2 is 2.00 bits per heavy atom. The minimum atomic E-state index is -0.0702. The van der Waals surface area contributed by atoms with E-state index < -0.39 is 0 Å². The molecule has 0 radical (unpaired) electrons. The third-order valence-corrected chi connectivity index (χ3v) is 5.10. The van der Waals surface area contributed by atoms with Gasteiger partial charge in [0.2, 0.25) is 0 Å². The number of aromatic nitrogens is 2. The second-order valence-electron chi connectivity index (χ2n) is 7.38. The van der Waals surface area contributed by atoms with E-state index in [2.05, 4.69) is 24.3 Å². The van der Waals surface area contributed by atoms with Gasteiger partial charge >= 0.3 is 0 Å². The lowest BCUT2D eigenvalue weighted by atomic mass is 9.75. The maximum Gasteiger partial charge on any atom is 0.291 e. The summed E-state index contributed by atoms with van der Waals surface area (Å²) in [6.45, 7) is 5.35. The molecule has 3 rings (SSSR count). The first kappa shape index (κ1) is 14.9. The van der Waals surface area contributed by atoms with Crippen molar-refractivity contribution in [2.75, 3.05) is 5.32 Å². The topological polar surface area (TPSA) is 46.9 Å². The average Bonchev–Trinajstić information content (AvgIpc) is 3.24. The molecule has 21 heavy (non-hydrogen) atoms. The van der Waals surface area contributed by atoms with E-state index in [0.29, 0.717) is 28.1 Å². The van der Waals surface area contributed by atoms with Gasteiger partial charge in [0.05, 0.1) is 11.2 Å². The molecule has 4 nitrogen and oxygen atoms in total. The van der Waals surface area contributed by atoms with Gasteiger partial charge in [0.25, 0.3) is 5.56 Å². The van der Waals surface area contributed by atoms with Crippen molar-refractivity contribution in [3.8, 4) is 0 Å². The molecule has 0 unspecified atom stereocenters. The molecule has 0 atom stereocenters. The summed E-state index contributed by atoms with van der Waals surface area (Å²) in [7, 11) is 0. The van der Waals surface area contributed by atoms with E-state index >= 15 is 0 Å². The smallest absolute Gasteiger partial charge is 0.291 e. The van der Waals surface area contributed by atoms with Gasteiger partial charge in [-0.15, -0.1) is 0 Å². The number of anilines is 1. The lowest BCUT2D eigenvalue weighted by molar-refractivity contribution is 0.232. The van der Waals surface area contributed by atoms with Crippen LogP contribution in [0, 0.1) is 11.3 Å². The Morgan fingerprint density at radius 3 is 2.62 bits per heavy atom. The van der Waals surface area contributed by atoms with Gasteiger partial charge < -0.3 is 5.32 Å². The van der Waals surface area contributed by atoms with Crippen molar-refractivity contribution in [2.45, 2.75) is 65.0 Å². The highest BCUT2D eigenvalue weighted by molar-refractivity contribution is 6.33. The Kier molecular flexibility index (Phi) is 4.00. The molecule has 2 aliphatic carbocycles. The molecule has 116 valence electrons. The van der Waals surface area contributed by atoms with E-state index in [4.69, 9.17) is 11.6 Å². The van der Waals surface area contributed by atoms with E-state index in [1.807, 2.05) is 0 Å². The molecule has 0 amide bonds. The molecular formula is C16H24ClN3O. The SMILES string of the molecule is CC1(C)CCC(Nc2c(Cl)cnn(CC3CC3)c2=O)CC1. The van der Waals surface area contributed by atoms with Gasteiger partial charge in [0.15, 0.2) is 0 Å². The first-order chi connectivity index (χ1) is 9.94. The molecule has 0 bridgehead atoms. The van der Waals surface area contributed by atoms with E-state index in [9.17, 15) is 4.79 Å². The summed E-state index contributed by atoms with van der Waals surface area (Å²) in [5.74, 6) is 0.625. The first-order valence-corrected chi connectivity index (χ1v) is 8.34. The zero-order valence-electron chi connectivity index (χ0n) is 12.9. The van der Waals surface area contributed by atoms with E-state index in [1.54, 1.807) is 10.9 Å². The number of nitrogens with zero attached hydrogens (tertiary/aromatic N) is 2. The molecule has 2 saturated carbocycles. The van der Waals surface area contributed by atoms with Crippen LogP contribution in [-0.2, 0) is 6.54 Å². The number of hydrogen-bond donors (Lipinski definition) is 1. The fourth-order valence-corrected chi connectivity index (χ4v) is 3.20. The average molecular weight is 310 g/mol. The van der Waals surface area contributed by atoms with Crippen molar-refractivity contribution in [1.29, 1.82) is 0 Å². The molecule has 1 N–H and O–H groups in total. The standard InChI is InChI=1S/C16H24ClN3O/c1-16(2)7-5-12(6-8-16)19-14-13(17)9-18-20(15(14)21)10-11-3-4-11/h9,11-12,19H,3-8,10H2,1-2H3. The molecule has 5 heteroatoms. The minimum Gasteiger partial charge on any atom is -0.377 e. The number of hydrogen-bond acceptors (Lipinski definition) is 3. The van der Waals surface area contributed by atoms with Crippen LogP contribution >= 0.6 is 11.6 Å². The van der Waals surface area contributed by atoms with Gasteiger partial charge in [0, 0.05) is 12.6 Å². The van der Waals surface area contributed by atoms with E-state index in [-0.39, 0.29) is 5.56 Å². The van der Waals surface area contributed by atoms with Crippen LogP contribution in [0.15, 0.2) is 11.0 Å². The Morgan fingerprint density at radius 1 is 1.33 bits per heavy atom. The van der Waals surface area contributed by atoms with E-state index in [1.165, 1.54) is 25.7 Å². The van der Waals surface area contributed by atoms with Crippen molar-refractivity contribution >= 4 is 17.3 Å². The second kappa shape index (κ2) is 5.64. The van der Waals surface area contributed by atoms with Gasteiger partial charge in [-0.3, -0.25) is 4.79 Å². The van der Waals surface area contributed by atoms with Crippen LogP contribution in [0.3, 0.4) is 0 Å². The normalized spacial score (nSPS) is 22.2. The summed E-state index contributed by atoms with van der Waals surface area (Å²) in [5.41, 5.74) is 0.892. The molecule has 2 fully saturated rings. The Bertz CT molecular complexity index is 567. The van der Waals surface area contributed by atoms with Crippen LogP contribution < -0.4 is 10.9 Å². The zero-order chi connectivity index (χ0) is 15.0. The van der Waals surface area contributed by atoms with E-state index in [0.717, 1.165) is 19.4 Å². The van der Waals surface area contributed by atoms with Crippen LogP contribution in [0.5, 0.6) is 0 Å². The minimum absolute atomic E-state index is 0.0702. The van der Waals surface area contributed by atoms with Gasteiger partial charge in [-0.25, -0.2) is 4.68 Å². The number of nitrogens with one attached hydrogen (secondary N) is 1. The third kappa shape index (κ3) is 3.60. The molecule has 0 aromatic carbocycles. The summed E-state index contributed by atoms with van der Waals surface area (Å²) in [6.07, 6.45) is 8.56. The molecule has 1 aromatic rings. The molecule has 0 saturated heterocycles. The molecule has 1 aromatic heterocycles. The van der Waals surface area contributed by atoms with Crippen molar-refractivity contribution in [3.05, 3.63) is 21.6 Å². The zero-order valence-corrected chi connectivity index (χ0v) is 13.6. The Hall–Kier alpha value is -1.03. The molecule has 2 aliphatic rings. The van der Waals surface area contributed by atoms with Crippen molar-refractivity contribution in [3.63, 3.8) is 0 Å². The van der Waals surface area contributed by atoms with Crippen LogP contribution in [0.25, 0.3) is 0 Å². The Labute approximate surface area is 130 Å². The predicted molar refractivity (Wildman–Crippen MR) is 85.9 cm³/mol. The maximum absolute atomic E-state index is 12.5. The lowest BCUT2D eigenvalue weighted by Gasteiger charge is -2.35. The van der Waals surface area contributed by atoms with Crippen molar-refractivity contribution in [2.24, 2.45) is 11.3 Å². The monoisotopic (exact) mass is 309 g/mol. The van der Waals surface area contributed by atoms with Crippen molar-refractivity contribution in [1.82, 2.24) is 9.78 Å². The third-order valence-electron chi connectivity index (χ3n) is 4.81. The highest BCUT2D eigenvalue weighted by Gasteiger charge is 2.28. The first-order valence-electron chi connectivity index (χ1n) is 7.97. The van der Waals surface area contributed by atoms with Gasteiger partial charge in [-0.1, -0.05) is 25.4 Å². The molecular weight excluding hydrogens is 286 g/mol. The second-order valence-corrected chi connectivity index (χ2v) is 7.79. The highest BCUT2D eigenvalue weighted by Crippen LogP contribution is 2.36. The quantitative estimate of drug-likeness (QED) is 0.922. The summed E-state index contributed by atoms with van der Waals surface area (Å²) in [6, 6.07) is 0.347. The fourth-order valence-electron chi connectivity index (χ4n) is 3.02. The number of halogens is 1. The van der Waals surface area contributed by atoms with Gasteiger partial charge in [-0.05, 0) is 49.9 Å². The van der Waals surface area contributed by atoms with Gasteiger partial charge in [0.1, 0.15) is 5.69 Å².